The van der Waals surface area contributed by atoms with Crippen LogP contribution in [0.15, 0.2) is 55.0 Å². The SMILES string of the molecule is Ic1cccc(-n2cncc2-c2cccc3c2NCC3)c1. The molecule has 0 bridgehead atoms. The van der Waals surface area contributed by atoms with Crippen molar-refractivity contribution in [1.29, 1.82) is 0 Å². The zero-order valence-electron chi connectivity index (χ0n) is 11.4. The van der Waals surface area contributed by atoms with Crippen LogP contribution in [0.4, 0.5) is 5.69 Å². The van der Waals surface area contributed by atoms with Crippen molar-refractivity contribution >= 4 is 28.3 Å². The Kier molecular flexibility index (Phi) is 3.18. The maximum absolute atomic E-state index is 4.36. The molecule has 0 radical (unpaired) electrons. The molecule has 0 atom stereocenters. The molecule has 1 aliphatic rings. The minimum Gasteiger partial charge on any atom is -0.384 e. The molecule has 2 aromatic carbocycles. The molecular weight excluding hydrogens is 373 g/mol. The zero-order chi connectivity index (χ0) is 14.2. The number of nitrogens with one attached hydrogen (secondary N) is 1. The lowest BCUT2D eigenvalue weighted by atomic mass is 10.1. The van der Waals surface area contributed by atoms with Crippen LogP contribution in [0.2, 0.25) is 0 Å². The Labute approximate surface area is 137 Å². The fraction of sp³-hybridized carbons (Fsp3) is 0.118. The van der Waals surface area contributed by atoms with Gasteiger partial charge >= 0.3 is 0 Å². The predicted molar refractivity (Wildman–Crippen MR) is 93.9 cm³/mol. The largest absolute Gasteiger partial charge is 0.384 e. The van der Waals surface area contributed by atoms with Gasteiger partial charge in [-0.25, -0.2) is 4.98 Å². The minimum atomic E-state index is 1.02. The van der Waals surface area contributed by atoms with Crippen molar-refractivity contribution in [3.63, 3.8) is 0 Å². The van der Waals surface area contributed by atoms with E-state index in [9.17, 15) is 0 Å². The number of imidazole rings is 1. The summed E-state index contributed by atoms with van der Waals surface area (Å²) < 4.78 is 3.37. The van der Waals surface area contributed by atoms with Crippen molar-refractivity contribution in [2.45, 2.75) is 6.42 Å². The summed E-state index contributed by atoms with van der Waals surface area (Å²) in [6.45, 7) is 1.02. The van der Waals surface area contributed by atoms with Crippen LogP contribution in [-0.2, 0) is 6.42 Å². The Hall–Kier alpha value is -1.82. The number of nitrogens with zero attached hydrogens (tertiary/aromatic N) is 2. The molecule has 2 heterocycles. The highest BCUT2D eigenvalue weighted by atomic mass is 127. The summed E-state index contributed by atoms with van der Waals surface area (Å²) in [6, 6.07) is 15.0. The van der Waals surface area contributed by atoms with Crippen molar-refractivity contribution in [3.05, 3.63) is 64.1 Å². The summed E-state index contributed by atoms with van der Waals surface area (Å²) >= 11 is 2.34. The molecule has 0 unspecified atom stereocenters. The van der Waals surface area contributed by atoms with E-state index in [1.165, 1.54) is 20.4 Å². The van der Waals surface area contributed by atoms with Gasteiger partial charge in [0.1, 0.15) is 0 Å². The predicted octanol–water partition coefficient (Wildman–Crippen LogP) is 4.11. The van der Waals surface area contributed by atoms with Gasteiger partial charge in [-0.1, -0.05) is 24.3 Å². The van der Waals surface area contributed by atoms with Crippen molar-refractivity contribution in [2.75, 3.05) is 11.9 Å². The first-order chi connectivity index (χ1) is 10.3. The van der Waals surface area contributed by atoms with Gasteiger partial charge in [0.2, 0.25) is 0 Å². The van der Waals surface area contributed by atoms with Gasteiger partial charge in [0, 0.05) is 27.1 Å². The first-order valence-corrected chi connectivity index (χ1v) is 8.05. The number of halogens is 1. The summed E-state index contributed by atoms with van der Waals surface area (Å²) in [6.07, 6.45) is 4.92. The first kappa shape index (κ1) is 12.9. The van der Waals surface area contributed by atoms with Crippen LogP contribution in [0.5, 0.6) is 0 Å². The number of aromatic nitrogens is 2. The maximum Gasteiger partial charge on any atom is 0.0997 e. The van der Waals surface area contributed by atoms with Crippen LogP contribution in [0.3, 0.4) is 0 Å². The molecule has 0 saturated heterocycles. The summed E-state index contributed by atoms with van der Waals surface area (Å²) in [5, 5.41) is 3.50. The van der Waals surface area contributed by atoms with Crippen LogP contribution in [-0.4, -0.2) is 16.1 Å². The van der Waals surface area contributed by atoms with E-state index in [-0.39, 0.29) is 0 Å². The standard InChI is InChI=1S/C17H14IN3/c18-13-4-2-5-14(9-13)21-11-19-10-16(21)15-6-1-3-12-7-8-20-17(12)15/h1-6,9-11,20H,7-8H2. The number of rotatable bonds is 2. The highest BCUT2D eigenvalue weighted by Gasteiger charge is 2.17. The second-order valence-corrected chi connectivity index (χ2v) is 6.39. The second-order valence-electron chi connectivity index (χ2n) is 5.15. The van der Waals surface area contributed by atoms with Crippen LogP contribution >= 0.6 is 22.6 Å². The Morgan fingerprint density at radius 3 is 2.95 bits per heavy atom. The third kappa shape index (κ3) is 2.23. The molecule has 0 saturated carbocycles. The Bertz CT molecular complexity index is 807. The average molecular weight is 387 g/mol. The van der Waals surface area contributed by atoms with Gasteiger partial charge in [-0.05, 0) is 52.8 Å². The summed E-state index contributed by atoms with van der Waals surface area (Å²) in [5.74, 6) is 0. The summed E-state index contributed by atoms with van der Waals surface area (Å²) in [4.78, 5) is 4.36. The zero-order valence-corrected chi connectivity index (χ0v) is 13.5. The molecule has 1 aliphatic heterocycles. The quantitative estimate of drug-likeness (QED) is 0.671. The summed E-state index contributed by atoms with van der Waals surface area (Å²) in [7, 11) is 0. The lowest BCUT2D eigenvalue weighted by Crippen LogP contribution is -1.98. The number of hydrogen-bond acceptors (Lipinski definition) is 2. The van der Waals surface area contributed by atoms with E-state index in [4.69, 9.17) is 0 Å². The fourth-order valence-electron chi connectivity index (χ4n) is 2.88. The molecule has 3 nitrogen and oxygen atoms in total. The van der Waals surface area contributed by atoms with Crippen LogP contribution < -0.4 is 5.32 Å². The van der Waals surface area contributed by atoms with Gasteiger partial charge in [-0.15, -0.1) is 0 Å². The topological polar surface area (TPSA) is 29.9 Å². The molecular formula is C17H14IN3. The number of benzene rings is 2. The lowest BCUT2D eigenvalue weighted by molar-refractivity contribution is 1.06. The van der Waals surface area contributed by atoms with E-state index in [2.05, 4.69) is 79.9 Å². The van der Waals surface area contributed by atoms with Gasteiger partial charge < -0.3 is 5.32 Å². The molecule has 21 heavy (non-hydrogen) atoms. The van der Waals surface area contributed by atoms with Gasteiger partial charge in [0.15, 0.2) is 0 Å². The third-order valence-corrected chi connectivity index (χ3v) is 4.52. The summed E-state index contributed by atoms with van der Waals surface area (Å²) in [5.41, 5.74) is 6.14. The van der Waals surface area contributed by atoms with Crippen molar-refractivity contribution in [2.24, 2.45) is 0 Å². The Balaban J connectivity index is 1.89. The van der Waals surface area contributed by atoms with Gasteiger partial charge in [0.25, 0.3) is 0 Å². The molecule has 3 aromatic rings. The highest BCUT2D eigenvalue weighted by molar-refractivity contribution is 14.1. The first-order valence-electron chi connectivity index (χ1n) is 6.97. The second kappa shape index (κ2) is 5.18. The molecule has 4 heteroatoms. The molecule has 0 spiro atoms. The monoisotopic (exact) mass is 387 g/mol. The molecule has 104 valence electrons. The Morgan fingerprint density at radius 2 is 2.05 bits per heavy atom. The molecule has 0 fully saturated rings. The lowest BCUT2D eigenvalue weighted by Gasteiger charge is -2.12. The molecule has 1 aromatic heterocycles. The van der Waals surface area contributed by atoms with Gasteiger partial charge in [-0.2, -0.15) is 0 Å². The average Bonchev–Trinajstić information content (AvgIpc) is 3.16. The van der Waals surface area contributed by atoms with E-state index >= 15 is 0 Å². The van der Waals surface area contributed by atoms with Gasteiger partial charge in [0.05, 0.1) is 18.2 Å². The van der Waals surface area contributed by atoms with E-state index in [1.807, 2.05) is 12.5 Å². The number of hydrogen-bond donors (Lipinski definition) is 1. The van der Waals surface area contributed by atoms with Crippen molar-refractivity contribution < 1.29 is 0 Å². The Morgan fingerprint density at radius 1 is 1.14 bits per heavy atom. The maximum atomic E-state index is 4.36. The van der Waals surface area contributed by atoms with Crippen LogP contribution in [0.25, 0.3) is 16.9 Å². The van der Waals surface area contributed by atoms with E-state index in [0.717, 1.165) is 24.3 Å². The number of para-hydroxylation sites is 1. The number of fused-ring (bicyclic) bond motifs is 1. The minimum absolute atomic E-state index is 1.02. The van der Waals surface area contributed by atoms with Crippen molar-refractivity contribution in [1.82, 2.24) is 9.55 Å². The highest BCUT2D eigenvalue weighted by Crippen LogP contribution is 2.35. The normalized spacial score (nSPS) is 13.0. The smallest absolute Gasteiger partial charge is 0.0997 e. The fourth-order valence-corrected chi connectivity index (χ4v) is 3.41. The van der Waals surface area contributed by atoms with E-state index < -0.39 is 0 Å². The molecule has 1 N–H and O–H groups in total. The van der Waals surface area contributed by atoms with Gasteiger partial charge in [-0.3, -0.25) is 4.57 Å². The van der Waals surface area contributed by atoms with Crippen LogP contribution in [0, 0.1) is 3.57 Å². The van der Waals surface area contributed by atoms with E-state index in [1.54, 1.807) is 0 Å². The van der Waals surface area contributed by atoms with Crippen LogP contribution in [0.1, 0.15) is 5.56 Å². The molecule has 4 rings (SSSR count). The van der Waals surface area contributed by atoms with E-state index in [0.29, 0.717) is 0 Å². The molecule has 0 aliphatic carbocycles. The van der Waals surface area contributed by atoms with Crippen molar-refractivity contribution in [3.8, 4) is 16.9 Å². The number of anilines is 1. The molecule has 0 amide bonds. The third-order valence-electron chi connectivity index (χ3n) is 3.85.